The summed E-state index contributed by atoms with van der Waals surface area (Å²) in [4.78, 5) is 23.0. The normalized spacial score (nSPS) is 20.8. The van der Waals surface area contributed by atoms with Crippen molar-refractivity contribution in [1.82, 2.24) is 0 Å². The van der Waals surface area contributed by atoms with E-state index in [1.807, 2.05) is 6.92 Å². The van der Waals surface area contributed by atoms with Gasteiger partial charge in [0.25, 0.3) is 0 Å². The Morgan fingerprint density at radius 3 is 2.39 bits per heavy atom. The van der Waals surface area contributed by atoms with Crippen LogP contribution in [0, 0.1) is 23.0 Å². The van der Waals surface area contributed by atoms with Crippen LogP contribution in [0.25, 0.3) is 10.8 Å². The number of rotatable bonds is 7. The summed E-state index contributed by atoms with van der Waals surface area (Å²) in [5.41, 5.74) is -0.153. The van der Waals surface area contributed by atoms with Crippen LogP contribution in [-0.4, -0.2) is 30.3 Å². The lowest BCUT2D eigenvalue weighted by atomic mass is 9.86. The number of hydrogen-bond acceptors (Lipinski definition) is 5. The molecule has 0 aromatic heterocycles. The number of fused-ring (bicyclic) bond motifs is 1. The molecule has 2 aromatic carbocycles. The summed E-state index contributed by atoms with van der Waals surface area (Å²) >= 11 is 0. The van der Waals surface area contributed by atoms with Crippen molar-refractivity contribution in [2.45, 2.75) is 70.2 Å². The first-order chi connectivity index (χ1) is 15.5. The van der Waals surface area contributed by atoms with E-state index in [1.165, 1.54) is 14.0 Å². The molecule has 0 saturated heterocycles. The van der Waals surface area contributed by atoms with Crippen molar-refractivity contribution in [3.63, 3.8) is 0 Å². The summed E-state index contributed by atoms with van der Waals surface area (Å²) in [6.45, 7) is 3.35. The van der Waals surface area contributed by atoms with E-state index in [4.69, 9.17) is 4.74 Å². The van der Waals surface area contributed by atoms with Gasteiger partial charge in [0.15, 0.2) is 0 Å². The maximum atomic E-state index is 12.9. The van der Waals surface area contributed by atoms with Crippen molar-refractivity contribution in [2.24, 2.45) is 5.92 Å². The van der Waals surface area contributed by atoms with E-state index < -0.39 is 28.5 Å². The first-order valence-corrected chi connectivity index (χ1v) is 10.9. The minimum atomic E-state index is -4.16. The van der Waals surface area contributed by atoms with Crippen LogP contribution in [-0.2, 0) is 15.1 Å². The quantitative estimate of drug-likeness (QED) is 0.280. The summed E-state index contributed by atoms with van der Waals surface area (Å²) in [6.07, 6.45) is -3.67. The van der Waals surface area contributed by atoms with E-state index in [1.54, 1.807) is 30.3 Å². The number of esters is 1. The van der Waals surface area contributed by atoms with Gasteiger partial charge in [0.2, 0.25) is 5.54 Å². The molecular formula is C24H28F3NO5. The molecule has 3 rings (SSSR count). The van der Waals surface area contributed by atoms with E-state index >= 15 is 0 Å². The first kappa shape index (κ1) is 24.8. The van der Waals surface area contributed by atoms with E-state index in [0.717, 1.165) is 16.3 Å². The molecule has 0 bridgehead atoms. The number of nitro groups is 1. The molecule has 1 saturated carbocycles. The van der Waals surface area contributed by atoms with Crippen molar-refractivity contribution in [1.29, 1.82) is 0 Å². The fraction of sp³-hybridized carbons (Fsp3) is 0.542. The summed E-state index contributed by atoms with van der Waals surface area (Å²) in [6, 6.07) is 8.75. The Morgan fingerprint density at radius 2 is 1.82 bits per heavy atom. The van der Waals surface area contributed by atoms with Crippen LogP contribution in [0.5, 0.6) is 5.75 Å². The van der Waals surface area contributed by atoms with Gasteiger partial charge >= 0.3 is 12.1 Å². The zero-order valence-electron chi connectivity index (χ0n) is 18.9. The van der Waals surface area contributed by atoms with Gasteiger partial charge in [-0.05, 0) is 61.1 Å². The molecule has 33 heavy (non-hydrogen) atoms. The molecule has 2 aromatic rings. The number of carbonyl (C=O) groups excluding carboxylic acids is 1. The molecule has 0 amide bonds. The second-order valence-electron chi connectivity index (χ2n) is 8.86. The van der Waals surface area contributed by atoms with Gasteiger partial charge in [0.1, 0.15) is 5.75 Å². The van der Waals surface area contributed by atoms with Crippen molar-refractivity contribution >= 4 is 16.7 Å². The third-order valence-electron chi connectivity index (χ3n) is 6.74. The van der Waals surface area contributed by atoms with Crippen LogP contribution in [0.2, 0.25) is 0 Å². The van der Waals surface area contributed by atoms with Crippen LogP contribution < -0.4 is 4.74 Å². The Bertz CT molecular complexity index is 1030. The molecule has 9 heteroatoms. The highest BCUT2D eigenvalue weighted by Crippen LogP contribution is 2.40. The number of alkyl halides is 3. The van der Waals surface area contributed by atoms with Gasteiger partial charge in [-0.25, -0.2) is 0 Å². The Morgan fingerprint density at radius 1 is 1.15 bits per heavy atom. The van der Waals surface area contributed by atoms with E-state index in [0.29, 0.717) is 24.2 Å². The largest absolute Gasteiger partial charge is 0.490 e. The minimum absolute atomic E-state index is 0.00104. The summed E-state index contributed by atoms with van der Waals surface area (Å²) in [5, 5.41) is 13.5. The Kier molecular flexibility index (Phi) is 7.19. The van der Waals surface area contributed by atoms with Gasteiger partial charge in [-0.15, -0.1) is 0 Å². The third-order valence-corrected chi connectivity index (χ3v) is 6.74. The van der Waals surface area contributed by atoms with Crippen LogP contribution in [0.1, 0.15) is 56.6 Å². The number of benzene rings is 2. The zero-order valence-corrected chi connectivity index (χ0v) is 18.9. The number of aryl methyl sites for hydroxylation is 1. The Balaban J connectivity index is 1.80. The van der Waals surface area contributed by atoms with E-state index in [-0.39, 0.29) is 31.8 Å². The fourth-order valence-electron chi connectivity index (χ4n) is 4.40. The second kappa shape index (κ2) is 9.57. The molecule has 180 valence electrons. The maximum absolute atomic E-state index is 12.9. The lowest BCUT2D eigenvalue weighted by Gasteiger charge is -2.30. The Hall–Kier alpha value is -2.84. The number of methoxy groups -OCH3 is 1. The van der Waals surface area contributed by atoms with Gasteiger partial charge in [0, 0.05) is 23.8 Å². The standard InChI is InChI=1S/C24H28F3NO5/c1-15-20-10-7-18(23(2,28(30)31)13-12-22(29)32-3)14-16(20)4-11-21(15)33-19-8-5-17(6-9-19)24(25,26)27/h4,7,10-11,14,17,19H,5-6,8-9,12-13H2,1-3H3. The Labute approximate surface area is 190 Å². The smallest absolute Gasteiger partial charge is 0.391 e. The topological polar surface area (TPSA) is 78.7 Å². The summed E-state index contributed by atoms with van der Waals surface area (Å²) < 4.78 is 49.4. The molecule has 0 aliphatic heterocycles. The second-order valence-corrected chi connectivity index (χ2v) is 8.86. The molecule has 6 nitrogen and oxygen atoms in total. The number of carbonyl (C=O) groups is 1. The molecule has 1 unspecified atom stereocenters. The highest BCUT2D eigenvalue weighted by molar-refractivity contribution is 5.88. The van der Waals surface area contributed by atoms with Crippen molar-refractivity contribution in [2.75, 3.05) is 7.11 Å². The molecule has 1 aliphatic carbocycles. The van der Waals surface area contributed by atoms with Crippen molar-refractivity contribution < 1.29 is 32.4 Å². The molecule has 1 aliphatic rings. The van der Waals surface area contributed by atoms with E-state index in [9.17, 15) is 28.1 Å². The maximum Gasteiger partial charge on any atom is 0.391 e. The lowest BCUT2D eigenvalue weighted by molar-refractivity contribution is -0.575. The van der Waals surface area contributed by atoms with Crippen LogP contribution in [0.3, 0.4) is 0 Å². The number of ether oxygens (including phenoxy) is 2. The summed E-state index contributed by atoms with van der Waals surface area (Å²) in [7, 11) is 1.24. The van der Waals surface area contributed by atoms with Crippen LogP contribution in [0.4, 0.5) is 13.2 Å². The molecule has 1 fully saturated rings. The molecule has 1 atom stereocenters. The lowest BCUT2D eigenvalue weighted by Crippen LogP contribution is -2.32. The van der Waals surface area contributed by atoms with Gasteiger partial charge in [-0.2, -0.15) is 13.2 Å². The average Bonchev–Trinajstić information content (AvgIpc) is 2.78. The van der Waals surface area contributed by atoms with E-state index in [2.05, 4.69) is 4.74 Å². The summed E-state index contributed by atoms with van der Waals surface area (Å²) in [5.74, 6) is -1.16. The van der Waals surface area contributed by atoms with Crippen molar-refractivity contribution in [3.8, 4) is 5.75 Å². The van der Waals surface area contributed by atoms with Gasteiger partial charge < -0.3 is 9.47 Å². The monoisotopic (exact) mass is 467 g/mol. The molecule has 0 spiro atoms. The van der Waals surface area contributed by atoms with Gasteiger partial charge in [0.05, 0.1) is 25.6 Å². The zero-order chi connectivity index (χ0) is 24.4. The first-order valence-electron chi connectivity index (χ1n) is 10.9. The fourth-order valence-corrected chi connectivity index (χ4v) is 4.40. The highest BCUT2D eigenvalue weighted by Gasteiger charge is 2.42. The molecular weight excluding hydrogens is 439 g/mol. The molecule has 0 heterocycles. The number of hydrogen-bond donors (Lipinski definition) is 0. The highest BCUT2D eigenvalue weighted by atomic mass is 19.4. The molecule has 0 radical (unpaired) electrons. The van der Waals surface area contributed by atoms with Gasteiger partial charge in [-0.1, -0.05) is 18.2 Å². The van der Waals surface area contributed by atoms with Crippen LogP contribution >= 0.6 is 0 Å². The third kappa shape index (κ3) is 5.39. The van der Waals surface area contributed by atoms with Crippen LogP contribution in [0.15, 0.2) is 30.3 Å². The van der Waals surface area contributed by atoms with Gasteiger partial charge in [-0.3, -0.25) is 14.9 Å². The van der Waals surface area contributed by atoms with Crippen molar-refractivity contribution in [3.05, 3.63) is 51.6 Å². The predicted octanol–water partition coefficient (Wildman–Crippen LogP) is 6.09. The average molecular weight is 467 g/mol. The molecule has 0 N–H and O–H groups in total. The number of nitrogens with zero attached hydrogens (tertiary/aromatic N) is 1. The minimum Gasteiger partial charge on any atom is -0.490 e. The number of halogens is 3. The SMILES string of the molecule is COC(=O)CCC(C)(c1ccc2c(C)c(OC3CCC(C(F)(F)F)CC3)ccc2c1)[N+](=O)[O-]. The predicted molar refractivity (Wildman–Crippen MR) is 117 cm³/mol.